The maximum absolute atomic E-state index is 12.1. The summed E-state index contributed by atoms with van der Waals surface area (Å²) in [6.07, 6.45) is 0.693. The molecule has 102 valence electrons. The van der Waals surface area contributed by atoms with Gasteiger partial charge < -0.3 is 0 Å². The summed E-state index contributed by atoms with van der Waals surface area (Å²) in [5.74, 6) is 0.383. The van der Waals surface area contributed by atoms with Crippen LogP contribution in [0.15, 0.2) is 29.2 Å². The minimum Gasteiger partial charge on any atom is -0.260 e. The van der Waals surface area contributed by atoms with E-state index < -0.39 is 15.7 Å². The molecule has 0 amide bonds. The van der Waals surface area contributed by atoms with Crippen LogP contribution in [0.4, 0.5) is 0 Å². The Bertz CT molecular complexity index is 484. The van der Waals surface area contributed by atoms with Gasteiger partial charge in [-0.1, -0.05) is 31.5 Å². The van der Waals surface area contributed by atoms with Crippen LogP contribution in [0.2, 0.25) is 0 Å². The zero-order chi connectivity index (χ0) is 14.0. The predicted molar refractivity (Wildman–Crippen MR) is 73.0 cm³/mol. The van der Waals surface area contributed by atoms with Crippen LogP contribution in [0.25, 0.3) is 0 Å². The maximum Gasteiger partial charge on any atom is 0.297 e. The van der Waals surface area contributed by atoms with Crippen molar-refractivity contribution in [3.8, 4) is 0 Å². The highest BCUT2D eigenvalue weighted by Gasteiger charge is 2.28. The molecule has 1 aromatic carbocycles. The van der Waals surface area contributed by atoms with Crippen LogP contribution in [0, 0.1) is 12.8 Å². The zero-order valence-electron chi connectivity index (χ0n) is 11.7. The lowest BCUT2D eigenvalue weighted by Crippen LogP contribution is -2.29. The van der Waals surface area contributed by atoms with Gasteiger partial charge in [-0.2, -0.15) is 8.42 Å². The Hall–Kier alpha value is -0.870. The summed E-state index contributed by atoms with van der Waals surface area (Å²) in [6, 6.07) is 6.70. The van der Waals surface area contributed by atoms with Gasteiger partial charge in [0.15, 0.2) is 0 Å². The van der Waals surface area contributed by atoms with Gasteiger partial charge in [-0.3, -0.25) is 4.18 Å². The Kier molecular flexibility index (Phi) is 4.56. The van der Waals surface area contributed by atoms with Crippen LogP contribution in [0.5, 0.6) is 0 Å². The van der Waals surface area contributed by atoms with Gasteiger partial charge in [0.05, 0.1) is 10.5 Å². The molecule has 0 aromatic heterocycles. The third-order valence-electron chi connectivity index (χ3n) is 2.54. The summed E-state index contributed by atoms with van der Waals surface area (Å²) >= 11 is 0. The SMILES string of the molecule is Cc1ccc(S(=O)(=O)OC(C)(C)CC(C)C)cc1. The molecule has 0 aliphatic heterocycles. The smallest absolute Gasteiger partial charge is 0.260 e. The molecule has 0 radical (unpaired) electrons. The molecule has 0 atom stereocenters. The molecule has 0 spiro atoms. The van der Waals surface area contributed by atoms with E-state index in [0.29, 0.717) is 12.3 Å². The van der Waals surface area contributed by atoms with Gasteiger partial charge in [0, 0.05) is 0 Å². The number of benzene rings is 1. The van der Waals surface area contributed by atoms with Crippen molar-refractivity contribution in [1.82, 2.24) is 0 Å². The highest BCUT2D eigenvalue weighted by Crippen LogP contribution is 2.26. The summed E-state index contributed by atoms with van der Waals surface area (Å²) in [5, 5.41) is 0. The van der Waals surface area contributed by atoms with Crippen LogP contribution in [-0.4, -0.2) is 14.0 Å². The molecule has 0 unspecified atom stereocenters. The molecular weight excluding hydrogens is 248 g/mol. The van der Waals surface area contributed by atoms with Gasteiger partial charge >= 0.3 is 0 Å². The largest absolute Gasteiger partial charge is 0.297 e. The van der Waals surface area contributed by atoms with Gasteiger partial charge in [-0.05, 0) is 45.2 Å². The second kappa shape index (κ2) is 5.41. The number of rotatable bonds is 5. The Morgan fingerprint density at radius 3 is 2.11 bits per heavy atom. The summed E-state index contributed by atoms with van der Waals surface area (Å²) < 4.78 is 29.6. The van der Waals surface area contributed by atoms with Crippen molar-refractivity contribution in [3.05, 3.63) is 29.8 Å². The molecule has 3 nitrogen and oxygen atoms in total. The average Bonchev–Trinajstić information content (AvgIpc) is 2.13. The summed E-state index contributed by atoms with van der Waals surface area (Å²) in [4.78, 5) is 0.213. The zero-order valence-corrected chi connectivity index (χ0v) is 12.5. The highest BCUT2D eigenvalue weighted by molar-refractivity contribution is 7.86. The second-order valence-electron chi connectivity index (χ2n) is 5.71. The first-order valence-electron chi connectivity index (χ1n) is 6.15. The van der Waals surface area contributed by atoms with Gasteiger partial charge in [0.25, 0.3) is 10.1 Å². The monoisotopic (exact) mass is 270 g/mol. The molecule has 1 rings (SSSR count). The van der Waals surface area contributed by atoms with Crippen molar-refractivity contribution in [2.45, 2.75) is 51.5 Å². The number of hydrogen-bond acceptors (Lipinski definition) is 3. The first-order chi connectivity index (χ1) is 8.12. The first kappa shape index (κ1) is 15.2. The quantitative estimate of drug-likeness (QED) is 0.769. The number of hydrogen-bond donors (Lipinski definition) is 0. The van der Waals surface area contributed by atoms with Crippen molar-refractivity contribution in [2.24, 2.45) is 5.92 Å². The standard InChI is InChI=1S/C14H22O3S/c1-11(2)10-14(4,5)17-18(15,16)13-8-6-12(3)7-9-13/h6-9,11H,10H2,1-5H3. The van der Waals surface area contributed by atoms with Crippen LogP contribution in [0.3, 0.4) is 0 Å². The van der Waals surface area contributed by atoms with E-state index in [1.54, 1.807) is 38.1 Å². The van der Waals surface area contributed by atoms with E-state index in [2.05, 4.69) is 0 Å². The summed E-state index contributed by atoms with van der Waals surface area (Å²) in [6.45, 7) is 9.62. The number of aryl methyl sites for hydroxylation is 1. The Morgan fingerprint density at radius 1 is 1.17 bits per heavy atom. The van der Waals surface area contributed by atoms with E-state index in [-0.39, 0.29) is 4.90 Å². The molecule has 0 saturated heterocycles. The third-order valence-corrected chi connectivity index (χ3v) is 4.06. The molecule has 0 saturated carbocycles. The normalized spacial score (nSPS) is 13.0. The fourth-order valence-corrected chi connectivity index (χ4v) is 3.29. The van der Waals surface area contributed by atoms with Crippen molar-refractivity contribution in [3.63, 3.8) is 0 Å². The molecule has 0 aliphatic rings. The van der Waals surface area contributed by atoms with Gasteiger partial charge in [-0.25, -0.2) is 0 Å². The van der Waals surface area contributed by atoms with Crippen LogP contribution in [0.1, 0.15) is 39.7 Å². The Balaban J connectivity index is 2.91. The lowest BCUT2D eigenvalue weighted by atomic mass is 9.97. The van der Waals surface area contributed by atoms with Crippen LogP contribution < -0.4 is 0 Å². The third kappa shape index (κ3) is 4.42. The van der Waals surface area contributed by atoms with E-state index in [1.807, 2.05) is 20.8 Å². The molecular formula is C14H22O3S. The van der Waals surface area contributed by atoms with Crippen molar-refractivity contribution < 1.29 is 12.6 Å². The molecule has 18 heavy (non-hydrogen) atoms. The lowest BCUT2D eigenvalue weighted by molar-refractivity contribution is 0.0931. The van der Waals surface area contributed by atoms with Crippen molar-refractivity contribution in [1.29, 1.82) is 0 Å². The molecule has 0 N–H and O–H groups in total. The fraction of sp³-hybridized carbons (Fsp3) is 0.571. The lowest BCUT2D eigenvalue weighted by Gasteiger charge is -2.26. The molecule has 1 aromatic rings. The Morgan fingerprint density at radius 2 is 1.67 bits per heavy atom. The highest BCUT2D eigenvalue weighted by atomic mass is 32.2. The second-order valence-corrected chi connectivity index (χ2v) is 7.25. The van der Waals surface area contributed by atoms with E-state index >= 15 is 0 Å². The van der Waals surface area contributed by atoms with Gasteiger partial charge in [0.2, 0.25) is 0 Å². The van der Waals surface area contributed by atoms with Gasteiger partial charge in [-0.15, -0.1) is 0 Å². The predicted octanol–water partition coefficient (Wildman–Crippen LogP) is 3.53. The van der Waals surface area contributed by atoms with E-state index in [9.17, 15) is 8.42 Å². The molecule has 0 aliphatic carbocycles. The molecule has 0 heterocycles. The minimum absolute atomic E-state index is 0.213. The van der Waals surface area contributed by atoms with Gasteiger partial charge in [0.1, 0.15) is 0 Å². The first-order valence-corrected chi connectivity index (χ1v) is 7.55. The van der Waals surface area contributed by atoms with E-state index in [0.717, 1.165) is 5.56 Å². The van der Waals surface area contributed by atoms with Crippen molar-refractivity contribution in [2.75, 3.05) is 0 Å². The van der Waals surface area contributed by atoms with Crippen LogP contribution >= 0.6 is 0 Å². The van der Waals surface area contributed by atoms with Crippen molar-refractivity contribution >= 4 is 10.1 Å². The topological polar surface area (TPSA) is 43.4 Å². The molecule has 0 fully saturated rings. The minimum atomic E-state index is -3.68. The van der Waals surface area contributed by atoms with E-state index in [1.165, 1.54) is 0 Å². The summed E-state index contributed by atoms with van der Waals surface area (Å²) in [5.41, 5.74) is 0.341. The Labute approximate surface area is 110 Å². The van der Waals surface area contributed by atoms with E-state index in [4.69, 9.17) is 4.18 Å². The van der Waals surface area contributed by atoms with Crippen LogP contribution in [-0.2, 0) is 14.3 Å². The molecule has 0 bridgehead atoms. The fourth-order valence-electron chi connectivity index (χ4n) is 2.07. The molecule has 4 heteroatoms. The summed E-state index contributed by atoms with van der Waals surface area (Å²) in [7, 11) is -3.68. The maximum atomic E-state index is 12.1. The average molecular weight is 270 g/mol.